The van der Waals surface area contributed by atoms with Gasteiger partial charge in [-0.1, -0.05) is 99.9 Å². The number of ether oxygens (including phenoxy) is 4. The van der Waals surface area contributed by atoms with E-state index in [0.29, 0.717) is 0 Å². The Morgan fingerprint density at radius 1 is 0.500 bits per heavy atom. The average Bonchev–Trinajstić information content (AvgIpc) is 2.87. The highest BCUT2D eigenvalue weighted by atomic mass is 28.3. The van der Waals surface area contributed by atoms with Crippen molar-refractivity contribution in [1.29, 1.82) is 0 Å². The van der Waals surface area contributed by atoms with Gasteiger partial charge in [-0.15, -0.1) is 0 Å². The molecule has 4 nitrogen and oxygen atoms in total. The fourth-order valence-corrected chi connectivity index (χ4v) is 5.86. The maximum absolute atomic E-state index is 6.31. The van der Waals surface area contributed by atoms with Crippen LogP contribution in [0.25, 0.3) is 32.7 Å². The molecule has 0 aliphatic carbocycles. The van der Waals surface area contributed by atoms with Crippen LogP contribution in [0.3, 0.4) is 0 Å². The van der Waals surface area contributed by atoms with E-state index in [2.05, 4.69) is 112 Å². The lowest BCUT2D eigenvalue weighted by atomic mass is 9.92. The molecule has 0 heterocycles. The minimum absolute atomic E-state index is 0.219. The fourth-order valence-electron chi connectivity index (χ4n) is 4.34. The predicted molar refractivity (Wildman–Crippen MR) is 166 cm³/mol. The molecule has 0 aromatic heterocycles. The van der Waals surface area contributed by atoms with Crippen LogP contribution in [0.15, 0.2) is 72.8 Å². The van der Waals surface area contributed by atoms with Gasteiger partial charge in [0, 0.05) is 40.5 Å². The summed E-state index contributed by atoms with van der Waals surface area (Å²) in [5.74, 6) is 1.58. The summed E-state index contributed by atoms with van der Waals surface area (Å²) in [5.41, 5.74) is 2.04. The van der Waals surface area contributed by atoms with Crippen molar-refractivity contribution in [2.75, 3.05) is 26.8 Å². The topological polar surface area (TPSA) is 36.9 Å². The maximum atomic E-state index is 6.31. The second-order valence-corrected chi connectivity index (χ2v) is 23.5. The largest absolute Gasteiger partial charge is 0.467 e. The summed E-state index contributed by atoms with van der Waals surface area (Å²) in [6, 6.07) is 27.4. The Hall–Kier alpha value is -2.65. The first kappa shape index (κ1) is 28.4. The lowest BCUT2D eigenvalue weighted by Gasteiger charge is -2.20. The molecule has 0 saturated heterocycles. The van der Waals surface area contributed by atoms with Crippen molar-refractivity contribution in [3.63, 3.8) is 0 Å². The van der Waals surface area contributed by atoms with Crippen LogP contribution in [0.4, 0.5) is 0 Å². The first-order valence-electron chi connectivity index (χ1n) is 13.6. The Bertz CT molecular complexity index is 1250. The van der Waals surface area contributed by atoms with E-state index in [1.54, 1.807) is 0 Å². The molecule has 4 rings (SSSR count). The zero-order valence-corrected chi connectivity index (χ0v) is 25.8. The third-order valence-electron chi connectivity index (χ3n) is 6.62. The van der Waals surface area contributed by atoms with E-state index in [9.17, 15) is 0 Å². The van der Waals surface area contributed by atoms with Gasteiger partial charge in [0.05, 0.1) is 0 Å². The molecule has 0 bridgehead atoms. The Labute approximate surface area is 229 Å². The quantitative estimate of drug-likeness (QED) is 0.0952. The highest BCUT2D eigenvalue weighted by Crippen LogP contribution is 2.45. The summed E-state index contributed by atoms with van der Waals surface area (Å²) in [5, 5.41) is 4.54. The van der Waals surface area contributed by atoms with Crippen molar-refractivity contribution < 1.29 is 18.9 Å². The molecule has 0 amide bonds. The van der Waals surface area contributed by atoms with Crippen LogP contribution in [0.2, 0.25) is 51.4 Å². The van der Waals surface area contributed by atoms with Crippen LogP contribution < -0.4 is 9.47 Å². The Balaban J connectivity index is 1.70. The van der Waals surface area contributed by atoms with Gasteiger partial charge in [-0.2, -0.15) is 0 Å². The minimum atomic E-state index is -1.16. The molecule has 0 atom stereocenters. The molecule has 0 aliphatic heterocycles. The minimum Gasteiger partial charge on any atom is -0.467 e. The highest BCUT2D eigenvalue weighted by molar-refractivity contribution is 6.76. The highest BCUT2D eigenvalue weighted by Gasteiger charge is 2.20. The van der Waals surface area contributed by atoms with Gasteiger partial charge in [0.1, 0.15) is 11.5 Å². The molecule has 0 aliphatic rings. The molecule has 4 aromatic rings. The summed E-state index contributed by atoms with van der Waals surface area (Å²) in [6.45, 7) is 16.0. The van der Waals surface area contributed by atoms with Gasteiger partial charge in [0.25, 0.3) is 0 Å². The molecule has 4 aromatic carbocycles. The number of hydrogen-bond donors (Lipinski definition) is 0. The van der Waals surface area contributed by atoms with E-state index in [0.717, 1.165) is 69.5 Å². The fraction of sp³-hybridized carbons (Fsp3) is 0.375. The number of benzene rings is 4. The monoisotopic (exact) mass is 546 g/mol. The Morgan fingerprint density at radius 3 is 1.29 bits per heavy atom. The summed E-state index contributed by atoms with van der Waals surface area (Å²) >= 11 is 0. The molecule has 0 radical (unpaired) electrons. The smallest absolute Gasteiger partial charge is 0.189 e. The summed E-state index contributed by atoms with van der Waals surface area (Å²) in [7, 11) is -2.32. The standard InChI is InChI=1S/C32H42O4Si2/c1-37(2,3)21-19-33-23-35-29-17-15-25-11-7-9-13-27(25)31(29)32-28-14-10-8-12-26(28)16-18-30(32)36-24-34-20-22-38(4,5)6/h7-18H,19-24H2,1-6H3. The van der Waals surface area contributed by atoms with E-state index in [4.69, 9.17) is 18.9 Å². The van der Waals surface area contributed by atoms with Crippen molar-refractivity contribution in [1.82, 2.24) is 0 Å². The van der Waals surface area contributed by atoms with Crippen molar-refractivity contribution >= 4 is 37.7 Å². The van der Waals surface area contributed by atoms with Gasteiger partial charge in [0.2, 0.25) is 0 Å². The van der Waals surface area contributed by atoms with Gasteiger partial charge in [0.15, 0.2) is 13.6 Å². The molecular formula is C32H42O4Si2. The molecule has 6 heteroatoms. The first-order valence-corrected chi connectivity index (χ1v) is 21.0. The molecule has 0 spiro atoms. The first-order chi connectivity index (χ1) is 18.1. The predicted octanol–water partition coefficient (Wildman–Crippen LogP) is 9.04. The van der Waals surface area contributed by atoms with Crippen molar-refractivity contribution in [3.8, 4) is 22.6 Å². The number of hydrogen-bond acceptors (Lipinski definition) is 4. The third kappa shape index (κ3) is 7.70. The normalized spacial score (nSPS) is 12.3. The third-order valence-corrected chi connectivity index (χ3v) is 10.0. The molecular weight excluding hydrogens is 505 g/mol. The van der Waals surface area contributed by atoms with Gasteiger partial charge in [-0.05, 0) is 45.8 Å². The Morgan fingerprint density at radius 2 is 0.895 bits per heavy atom. The lowest BCUT2D eigenvalue weighted by molar-refractivity contribution is 0.0212. The van der Waals surface area contributed by atoms with E-state index in [-0.39, 0.29) is 13.6 Å². The van der Waals surface area contributed by atoms with Crippen LogP contribution in [0.5, 0.6) is 11.5 Å². The van der Waals surface area contributed by atoms with Crippen LogP contribution >= 0.6 is 0 Å². The molecule has 202 valence electrons. The van der Waals surface area contributed by atoms with Crippen molar-refractivity contribution in [2.45, 2.75) is 51.4 Å². The summed E-state index contributed by atoms with van der Waals surface area (Å²) < 4.78 is 24.5. The summed E-state index contributed by atoms with van der Waals surface area (Å²) in [4.78, 5) is 0. The molecule has 0 fully saturated rings. The van der Waals surface area contributed by atoms with Crippen LogP contribution in [0.1, 0.15) is 0 Å². The molecule has 0 saturated carbocycles. The number of rotatable bonds is 13. The van der Waals surface area contributed by atoms with Crippen molar-refractivity contribution in [2.24, 2.45) is 0 Å². The molecule has 0 unspecified atom stereocenters. The second-order valence-electron chi connectivity index (χ2n) is 12.3. The van der Waals surface area contributed by atoms with Gasteiger partial charge < -0.3 is 18.9 Å². The molecule has 38 heavy (non-hydrogen) atoms. The van der Waals surface area contributed by atoms with E-state index in [1.165, 1.54) is 0 Å². The average molecular weight is 547 g/mol. The second kappa shape index (κ2) is 12.5. The molecule has 0 N–H and O–H groups in total. The Kier molecular flexibility index (Phi) is 9.31. The van der Waals surface area contributed by atoms with E-state index in [1.807, 2.05) is 0 Å². The van der Waals surface area contributed by atoms with E-state index < -0.39 is 16.1 Å². The van der Waals surface area contributed by atoms with Crippen molar-refractivity contribution in [3.05, 3.63) is 72.8 Å². The van der Waals surface area contributed by atoms with Gasteiger partial charge in [-0.3, -0.25) is 0 Å². The maximum Gasteiger partial charge on any atom is 0.189 e. The summed E-state index contributed by atoms with van der Waals surface area (Å²) in [6.07, 6.45) is 0. The van der Waals surface area contributed by atoms with Crippen LogP contribution in [0, 0.1) is 0 Å². The van der Waals surface area contributed by atoms with E-state index >= 15 is 0 Å². The van der Waals surface area contributed by atoms with Crippen LogP contribution in [-0.2, 0) is 9.47 Å². The van der Waals surface area contributed by atoms with Gasteiger partial charge in [-0.25, -0.2) is 0 Å². The zero-order chi connectivity index (χ0) is 27.2. The number of fused-ring (bicyclic) bond motifs is 2. The van der Waals surface area contributed by atoms with Crippen LogP contribution in [-0.4, -0.2) is 42.9 Å². The SMILES string of the molecule is C[Si](C)(C)CCOCOc1ccc2ccccc2c1-c1c(OCOCC[Si](C)(C)C)ccc2ccccc12. The van der Waals surface area contributed by atoms with Gasteiger partial charge >= 0.3 is 0 Å². The zero-order valence-electron chi connectivity index (χ0n) is 23.8. The lowest BCUT2D eigenvalue weighted by Crippen LogP contribution is -2.22.